The van der Waals surface area contributed by atoms with Crippen molar-refractivity contribution in [2.45, 2.75) is 12.3 Å². The van der Waals surface area contributed by atoms with Crippen molar-refractivity contribution in [3.05, 3.63) is 66.0 Å². The van der Waals surface area contributed by atoms with Crippen molar-refractivity contribution in [1.29, 1.82) is 0 Å². The summed E-state index contributed by atoms with van der Waals surface area (Å²) in [6, 6.07) is 16.4. The Labute approximate surface area is 113 Å². The molecule has 1 atom stereocenters. The Kier molecular flexibility index (Phi) is 4.93. The second kappa shape index (κ2) is 6.90. The smallest absolute Gasteiger partial charge is 0.126 e. The zero-order chi connectivity index (χ0) is 13.5. The van der Waals surface area contributed by atoms with Crippen LogP contribution in [-0.2, 0) is 0 Å². The van der Waals surface area contributed by atoms with Crippen molar-refractivity contribution >= 4 is 0 Å². The number of nitrogens with two attached hydrogens (primary N) is 1. The largest absolute Gasteiger partial charge is 0.494 e. The minimum atomic E-state index is -0.197. The zero-order valence-electron chi connectivity index (χ0n) is 10.8. The molecule has 19 heavy (non-hydrogen) atoms. The van der Waals surface area contributed by atoms with Crippen LogP contribution in [-0.4, -0.2) is 13.2 Å². The lowest BCUT2D eigenvalue weighted by Gasteiger charge is -2.16. The lowest BCUT2D eigenvalue weighted by atomic mass is 9.96. The summed E-state index contributed by atoms with van der Waals surface area (Å²) >= 11 is 0. The highest BCUT2D eigenvalue weighted by molar-refractivity contribution is 5.23. The Morgan fingerprint density at radius 2 is 1.68 bits per heavy atom. The molecule has 0 amide bonds. The molecule has 3 heteroatoms. The molecule has 0 saturated heterocycles. The number of para-hydroxylation sites is 1. The van der Waals surface area contributed by atoms with Crippen LogP contribution in [0.4, 0.5) is 4.39 Å². The Bertz CT molecular complexity index is 501. The highest BCUT2D eigenvalue weighted by atomic mass is 19.1. The summed E-state index contributed by atoms with van der Waals surface area (Å²) in [5.74, 6) is 0.620. The lowest BCUT2D eigenvalue weighted by molar-refractivity contribution is 0.297. The fourth-order valence-corrected chi connectivity index (χ4v) is 2.04. The monoisotopic (exact) mass is 259 g/mol. The van der Waals surface area contributed by atoms with Crippen molar-refractivity contribution in [2.75, 3.05) is 13.2 Å². The van der Waals surface area contributed by atoms with Crippen molar-refractivity contribution in [1.82, 2.24) is 0 Å². The number of hydrogen-bond acceptors (Lipinski definition) is 2. The fourth-order valence-electron chi connectivity index (χ4n) is 2.04. The summed E-state index contributed by atoms with van der Waals surface area (Å²) in [6.45, 7) is 0.944. The molecule has 0 aliphatic carbocycles. The minimum Gasteiger partial charge on any atom is -0.494 e. The van der Waals surface area contributed by atoms with Gasteiger partial charge in [-0.15, -0.1) is 0 Å². The van der Waals surface area contributed by atoms with E-state index in [0.717, 1.165) is 5.75 Å². The highest BCUT2D eigenvalue weighted by Crippen LogP contribution is 2.22. The average Bonchev–Trinajstić information content (AvgIpc) is 2.46. The molecular formula is C16H18FNO. The summed E-state index contributed by atoms with van der Waals surface area (Å²) in [5.41, 5.74) is 6.40. The van der Waals surface area contributed by atoms with E-state index in [1.165, 1.54) is 6.07 Å². The SMILES string of the molecule is NCC(CCOc1ccccc1)c1ccccc1F. The highest BCUT2D eigenvalue weighted by Gasteiger charge is 2.13. The van der Waals surface area contributed by atoms with E-state index in [1.807, 2.05) is 36.4 Å². The molecule has 100 valence electrons. The molecule has 2 aromatic carbocycles. The Hall–Kier alpha value is -1.87. The van der Waals surface area contributed by atoms with E-state index < -0.39 is 0 Å². The van der Waals surface area contributed by atoms with Crippen molar-refractivity contribution < 1.29 is 9.13 Å². The van der Waals surface area contributed by atoms with E-state index in [4.69, 9.17) is 10.5 Å². The van der Waals surface area contributed by atoms with Gasteiger partial charge in [-0.2, -0.15) is 0 Å². The molecule has 0 radical (unpaired) electrons. The third-order valence-corrected chi connectivity index (χ3v) is 3.11. The molecule has 0 aromatic heterocycles. The maximum absolute atomic E-state index is 13.7. The summed E-state index contributed by atoms with van der Waals surface area (Å²) < 4.78 is 19.3. The molecule has 0 fully saturated rings. The molecule has 2 rings (SSSR count). The van der Waals surface area contributed by atoms with Gasteiger partial charge in [0.2, 0.25) is 0 Å². The molecule has 0 heterocycles. The number of ether oxygens (including phenoxy) is 1. The molecule has 1 unspecified atom stereocenters. The van der Waals surface area contributed by atoms with E-state index in [1.54, 1.807) is 12.1 Å². The Morgan fingerprint density at radius 1 is 1.00 bits per heavy atom. The number of hydrogen-bond donors (Lipinski definition) is 1. The maximum Gasteiger partial charge on any atom is 0.126 e. The van der Waals surface area contributed by atoms with E-state index in [9.17, 15) is 4.39 Å². The van der Waals surface area contributed by atoms with Crippen LogP contribution < -0.4 is 10.5 Å². The first-order chi connectivity index (χ1) is 9.31. The molecule has 2 nitrogen and oxygen atoms in total. The van der Waals surface area contributed by atoms with E-state index in [-0.39, 0.29) is 11.7 Å². The van der Waals surface area contributed by atoms with Crippen LogP contribution in [0.5, 0.6) is 5.75 Å². The van der Waals surface area contributed by atoms with Gasteiger partial charge in [-0.3, -0.25) is 0 Å². The maximum atomic E-state index is 13.7. The lowest BCUT2D eigenvalue weighted by Crippen LogP contribution is -2.16. The van der Waals surface area contributed by atoms with Gasteiger partial charge in [0.25, 0.3) is 0 Å². The summed E-state index contributed by atoms with van der Waals surface area (Å²) in [4.78, 5) is 0. The van der Waals surface area contributed by atoms with Crippen molar-refractivity contribution in [3.63, 3.8) is 0 Å². The number of benzene rings is 2. The molecule has 2 N–H and O–H groups in total. The standard InChI is InChI=1S/C16H18FNO/c17-16-9-5-4-8-15(16)13(12-18)10-11-19-14-6-2-1-3-7-14/h1-9,13H,10-12,18H2. The summed E-state index contributed by atoms with van der Waals surface area (Å²) in [6.07, 6.45) is 0.701. The van der Waals surface area contributed by atoms with Gasteiger partial charge in [0.05, 0.1) is 6.61 Å². The second-order valence-corrected chi connectivity index (χ2v) is 4.40. The van der Waals surface area contributed by atoms with Gasteiger partial charge in [-0.25, -0.2) is 4.39 Å². The predicted octanol–water partition coefficient (Wildman–Crippen LogP) is 3.34. The molecule has 0 spiro atoms. The second-order valence-electron chi connectivity index (χ2n) is 4.40. The van der Waals surface area contributed by atoms with Gasteiger partial charge in [-0.1, -0.05) is 36.4 Å². The molecular weight excluding hydrogens is 241 g/mol. The Morgan fingerprint density at radius 3 is 2.37 bits per heavy atom. The molecule has 2 aromatic rings. The van der Waals surface area contributed by atoms with E-state index in [2.05, 4.69) is 0 Å². The van der Waals surface area contributed by atoms with Gasteiger partial charge < -0.3 is 10.5 Å². The topological polar surface area (TPSA) is 35.2 Å². The van der Waals surface area contributed by atoms with Crippen molar-refractivity contribution in [2.24, 2.45) is 5.73 Å². The van der Waals surface area contributed by atoms with Crippen LogP contribution in [0, 0.1) is 5.82 Å². The van der Waals surface area contributed by atoms with Crippen LogP contribution >= 0.6 is 0 Å². The number of halogens is 1. The van der Waals surface area contributed by atoms with Gasteiger partial charge in [-0.05, 0) is 36.7 Å². The molecule has 0 aliphatic heterocycles. The Balaban J connectivity index is 1.92. The fraction of sp³-hybridized carbons (Fsp3) is 0.250. The normalized spacial score (nSPS) is 12.1. The third kappa shape index (κ3) is 3.80. The predicted molar refractivity (Wildman–Crippen MR) is 74.7 cm³/mol. The zero-order valence-corrected chi connectivity index (χ0v) is 10.8. The first-order valence-electron chi connectivity index (χ1n) is 6.43. The van der Waals surface area contributed by atoms with Gasteiger partial charge >= 0.3 is 0 Å². The molecule has 0 aliphatic rings. The summed E-state index contributed by atoms with van der Waals surface area (Å²) in [7, 11) is 0. The van der Waals surface area contributed by atoms with Crippen molar-refractivity contribution in [3.8, 4) is 5.75 Å². The van der Waals surface area contributed by atoms with Crippen LogP contribution in [0.15, 0.2) is 54.6 Å². The first-order valence-corrected chi connectivity index (χ1v) is 6.43. The van der Waals surface area contributed by atoms with Crippen LogP contribution in [0.3, 0.4) is 0 Å². The minimum absolute atomic E-state index is 0.00934. The molecule has 0 bridgehead atoms. The van der Waals surface area contributed by atoms with Crippen LogP contribution in [0.2, 0.25) is 0 Å². The van der Waals surface area contributed by atoms with E-state index >= 15 is 0 Å². The molecule has 0 saturated carbocycles. The first kappa shape index (κ1) is 13.6. The van der Waals surface area contributed by atoms with Crippen LogP contribution in [0.25, 0.3) is 0 Å². The summed E-state index contributed by atoms with van der Waals surface area (Å²) in [5, 5.41) is 0. The average molecular weight is 259 g/mol. The van der Waals surface area contributed by atoms with Gasteiger partial charge in [0.1, 0.15) is 11.6 Å². The van der Waals surface area contributed by atoms with Gasteiger partial charge in [0, 0.05) is 5.92 Å². The van der Waals surface area contributed by atoms with Crippen LogP contribution in [0.1, 0.15) is 17.9 Å². The third-order valence-electron chi connectivity index (χ3n) is 3.11. The van der Waals surface area contributed by atoms with Gasteiger partial charge in [0.15, 0.2) is 0 Å². The number of rotatable bonds is 6. The van der Waals surface area contributed by atoms with E-state index in [0.29, 0.717) is 25.1 Å². The quantitative estimate of drug-likeness (QED) is 0.863.